The Morgan fingerprint density at radius 1 is 1.38 bits per heavy atom. The van der Waals surface area contributed by atoms with Crippen LogP contribution in [-0.4, -0.2) is 10.7 Å². The zero-order chi connectivity index (χ0) is 11.9. The molecule has 2 saturated carbocycles. The Bertz CT molecular complexity index is 277. The summed E-state index contributed by atoms with van der Waals surface area (Å²) in [4.78, 5) is 0. The zero-order valence-electron chi connectivity index (χ0n) is 11.0. The van der Waals surface area contributed by atoms with Crippen LogP contribution in [-0.2, 0) is 0 Å². The van der Waals surface area contributed by atoms with E-state index in [0.29, 0.717) is 11.8 Å². The maximum absolute atomic E-state index is 10.5. The molecule has 2 aliphatic rings. The van der Waals surface area contributed by atoms with Crippen LogP contribution in [0.25, 0.3) is 0 Å². The predicted octanol–water partition coefficient (Wildman–Crippen LogP) is 3.78. The van der Waals surface area contributed by atoms with Gasteiger partial charge in [0, 0.05) is 0 Å². The van der Waals surface area contributed by atoms with Crippen molar-refractivity contribution >= 4 is 0 Å². The van der Waals surface area contributed by atoms with E-state index in [9.17, 15) is 5.11 Å². The maximum Gasteiger partial charge on any atom is 0.0650 e. The minimum Gasteiger partial charge on any atom is -0.390 e. The Labute approximate surface area is 99.9 Å². The summed E-state index contributed by atoms with van der Waals surface area (Å²) in [5.41, 5.74) is 0.987. The van der Waals surface area contributed by atoms with E-state index >= 15 is 0 Å². The smallest absolute Gasteiger partial charge is 0.0650 e. The minimum absolute atomic E-state index is 0.420. The van der Waals surface area contributed by atoms with Crippen LogP contribution in [0.4, 0.5) is 0 Å². The Hall–Kier alpha value is -0.300. The molecule has 2 aliphatic carbocycles. The van der Waals surface area contributed by atoms with Crippen molar-refractivity contribution < 1.29 is 5.11 Å². The molecular weight excluding hydrogens is 196 g/mol. The summed E-state index contributed by atoms with van der Waals surface area (Å²) in [6.07, 6.45) is 5.62. The van der Waals surface area contributed by atoms with Crippen LogP contribution < -0.4 is 0 Å². The van der Waals surface area contributed by atoms with Gasteiger partial charge in [-0.2, -0.15) is 0 Å². The van der Waals surface area contributed by atoms with E-state index in [-0.39, 0.29) is 0 Å². The van der Waals surface area contributed by atoms with Gasteiger partial charge in [-0.3, -0.25) is 0 Å². The molecule has 2 fully saturated rings. The SMILES string of the molecule is C=C1CCC2C(C1)C(C(C)C)CCC2(C)O. The molecule has 92 valence electrons. The summed E-state index contributed by atoms with van der Waals surface area (Å²) in [7, 11) is 0. The standard InChI is InChI=1S/C15H26O/c1-10(2)12-7-8-15(4,16)14-6-5-11(3)9-13(12)14/h10,12-14,16H,3,5-9H2,1-2,4H3. The van der Waals surface area contributed by atoms with Crippen LogP contribution >= 0.6 is 0 Å². The zero-order valence-corrected chi connectivity index (χ0v) is 11.0. The third kappa shape index (κ3) is 2.07. The monoisotopic (exact) mass is 222 g/mol. The molecule has 0 heterocycles. The van der Waals surface area contributed by atoms with Gasteiger partial charge in [-0.1, -0.05) is 26.0 Å². The van der Waals surface area contributed by atoms with E-state index in [2.05, 4.69) is 27.4 Å². The van der Waals surface area contributed by atoms with Crippen LogP contribution in [0.3, 0.4) is 0 Å². The number of hydrogen-bond acceptors (Lipinski definition) is 1. The quantitative estimate of drug-likeness (QED) is 0.669. The van der Waals surface area contributed by atoms with Crippen molar-refractivity contribution in [2.24, 2.45) is 23.7 Å². The van der Waals surface area contributed by atoms with Crippen molar-refractivity contribution in [3.63, 3.8) is 0 Å². The first-order chi connectivity index (χ1) is 7.42. The lowest BCUT2D eigenvalue weighted by Gasteiger charge is -2.51. The lowest BCUT2D eigenvalue weighted by atomic mass is 9.57. The van der Waals surface area contributed by atoms with Crippen molar-refractivity contribution in [2.75, 3.05) is 0 Å². The van der Waals surface area contributed by atoms with Crippen LogP contribution in [0, 0.1) is 23.7 Å². The van der Waals surface area contributed by atoms with E-state index in [1.165, 1.54) is 12.0 Å². The van der Waals surface area contributed by atoms with Gasteiger partial charge < -0.3 is 5.11 Å². The third-order valence-corrected chi connectivity index (χ3v) is 5.04. The first-order valence-electron chi connectivity index (χ1n) is 6.81. The van der Waals surface area contributed by atoms with Crippen LogP contribution in [0.15, 0.2) is 12.2 Å². The molecule has 4 atom stereocenters. The molecule has 1 N–H and O–H groups in total. The average molecular weight is 222 g/mol. The fourth-order valence-corrected chi connectivity index (χ4v) is 4.06. The van der Waals surface area contributed by atoms with Crippen molar-refractivity contribution in [3.05, 3.63) is 12.2 Å². The number of aliphatic hydroxyl groups is 1. The van der Waals surface area contributed by atoms with Crippen LogP contribution in [0.2, 0.25) is 0 Å². The third-order valence-electron chi connectivity index (χ3n) is 5.04. The molecule has 1 nitrogen and oxygen atoms in total. The molecule has 0 spiro atoms. The summed E-state index contributed by atoms with van der Waals surface area (Å²) in [5, 5.41) is 10.5. The fraction of sp³-hybridized carbons (Fsp3) is 0.867. The van der Waals surface area contributed by atoms with Crippen LogP contribution in [0.5, 0.6) is 0 Å². The molecule has 16 heavy (non-hydrogen) atoms. The van der Waals surface area contributed by atoms with E-state index in [0.717, 1.165) is 37.5 Å². The molecule has 1 heteroatoms. The molecule has 0 amide bonds. The number of rotatable bonds is 1. The number of fused-ring (bicyclic) bond motifs is 1. The average Bonchev–Trinajstić information content (AvgIpc) is 2.16. The van der Waals surface area contributed by atoms with Crippen molar-refractivity contribution in [1.29, 1.82) is 0 Å². The normalized spacial score (nSPS) is 44.6. The highest BCUT2D eigenvalue weighted by Crippen LogP contribution is 2.51. The molecule has 0 radical (unpaired) electrons. The highest BCUT2D eigenvalue weighted by Gasteiger charge is 2.47. The lowest BCUT2D eigenvalue weighted by molar-refractivity contribution is -0.0963. The highest BCUT2D eigenvalue weighted by atomic mass is 16.3. The van der Waals surface area contributed by atoms with Gasteiger partial charge in [0.1, 0.15) is 0 Å². The Kier molecular flexibility index (Phi) is 3.18. The first kappa shape index (κ1) is 12.2. The van der Waals surface area contributed by atoms with Crippen molar-refractivity contribution in [1.82, 2.24) is 0 Å². The minimum atomic E-state index is -0.420. The molecule has 0 aromatic carbocycles. The Morgan fingerprint density at radius 2 is 2.06 bits per heavy atom. The second-order valence-electron chi connectivity index (χ2n) is 6.57. The second kappa shape index (κ2) is 4.18. The van der Waals surface area contributed by atoms with E-state index in [1.54, 1.807) is 0 Å². The highest BCUT2D eigenvalue weighted by molar-refractivity contribution is 5.08. The van der Waals surface area contributed by atoms with Gasteiger partial charge in [0.05, 0.1) is 5.60 Å². The van der Waals surface area contributed by atoms with E-state index in [4.69, 9.17) is 0 Å². The number of allylic oxidation sites excluding steroid dienone is 1. The Balaban J connectivity index is 2.21. The second-order valence-corrected chi connectivity index (χ2v) is 6.57. The van der Waals surface area contributed by atoms with Gasteiger partial charge in [0.25, 0.3) is 0 Å². The summed E-state index contributed by atoms with van der Waals surface area (Å²) in [6.45, 7) is 10.9. The summed E-state index contributed by atoms with van der Waals surface area (Å²) in [5.74, 6) is 2.74. The van der Waals surface area contributed by atoms with Gasteiger partial charge in [0.2, 0.25) is 0 Å². The largest absolute Gasteiger partial charge is 0.390 e. The molecule has 0 bridgehead atoms. The van der Waals surface area contributed by atoms with Crippen molar-refractivity contribution in [2.45, 2.75) is 58.5 Å². The topological polar surface area (TPSA) is 20.2 Å². The van der Waals surface area contributed by atoms with Crippen molar-refractivity contribution in [3.8, 4) is 0 Å². The van der Waals surface area contributed by atoms with Gasteiger partial charge in [0.15, 0.2) is 0 Å². The van der Waals surface area contributed by atoms with Crippen LogP contribution in [0.1, 0.15) is 52.9 Å². The molecule has 0 aliphatic heterocycles. The van der Waals surface area contributed by atoms with Gasteiger partial charge in [-0.25, -0.2) is 0 Å². The predicted molar refractivity (Wildman–Crippen MR) is 68.2 cm³/mol. The fourth-order valence-electron chi connectivity index (χ4n) is 4.06. The summed E-state index contributed by atoms with van der Waals surface area (Å²) in [6, 6.07) is 0. The molecule has 2 rings (SSSR count). The molecule has 4 unspecified atom stereocenters. The van der Waals surface area contributed by atoms with Gasteiger partial charge >= 0.3 is 0 Å². The van der Waals surface area contributed by atoms with E-state index < -0.39 is 5.60 Å². The summed E-state index contributed by atoms with van der Waals surface area (Å²) >= 11 is 0. The maximum atomic E-state index is 10.5. The summed E-state index contributed by atoms with van der Waals surface area (Å²) < 4.78 is 0. The number of hydrogen-bond donors (Lipinski definition) is 1. The van der Waals surface area contributed by atoms with Gasteiger partial charge in [-0.15, -0.1) is 0 Å². The molecule has 0 aromatic heterocycles. The first-order valence-corrected chi connectivity index (χ1v) is 6.81. The Morgan fingerprint density at radius 3 is 2.69 bits per heavy atom. The lowest BCUT2D eigenvalue weighted by Crippen LogP contribution is -2.49. The molecular formula is C15H26O. The van der Waals surface area contributed by atoms with E-state index in [1.807, 2.05) is 0 Å². The molecule has 0 aromatic rings. The van der Waals surface area contributed by atoms with Gasteiger partial charge in [-0.05, 0) is 62.7 Å². The molecule has 0 saturated heterocycles.